The Bertz CT molecular complexity index is 487. The fourth-order valence-electron chi connectivity index (χ4n) is 1.71. The Morgan fingerprint density at radius 1 is 1.47 bits per heavy atom. The lowest BCUT2D eigenvalue weighted by Gasteiger charge is -2.21. The number of aliphatic hydroxyl groups excluding tert-OH is 1. The van der Waals surface area contributed by atoms with E-state index in [1.807, 2.05) is 35.0 Å². The molecule has 0 aliphatic rings. The Labute approximate surface area is 109 Å². The molecule has 0 aliphatic carbocycles. The molecule has 1 aromatic carbocycles. The molecule has 17 heavy (non-hydrogen) atoms. The van der Waals surface area contributed by atoms with Gasteiger partial charge >= 0.3 is 0 Å². The zero-order chi connectivity index (χ0) is 12.3. The quantitative estimate of drug-likeness (QED) is 0.926. The normalized spacial score (nSPS) is 10.5. The second-order valence-electron chi connectivity index (χ2n) is 3.73. The van der Waals surface area contributed by atoms with Gasteiger partial charge in [-0.25, -0.2) is 4.98 Å². The highest BCUT2D eigenvalue weighted by atomic mass is 35.5. The fourth-order valence-corrected chi connectivity index (χ4v) is 2.48. The lowest BCUT2D eigenvalue weighted by atomic mass is 10.1. The minimum absolute atomic E-state index is 0.0591. The highest BCUT2D eigenvalue weighted by Crippen LogP contribution is 2.27. The maximum Gasteiger partial charge on any atom is 0.0795 e. The standard InChI is InChI=1S/C12H13ClN2OS/c1-15(5-9-7-17-8-14-9)12-4-2-3-11(13)10(12)6-16/h2-4,7-8,16H,5-6H2,1H3. The van der Waals surface area contributed by atoms with E-state index in [1.165, 1.54) is 0 Å². The summed E-state index contributed by atoms with van der Waals surface area (Å²) in [5, 5.41) is 12.0. The van der Waals surface area contributed by atoms with Gasteiger partial charge in [0.25, 0.3) is 0 Å². The van der Waals surface area contributed by atoms with Crippen molar-refractivity contribution in [2.24, 2.45) is 0 Å². The van der Waals surface area contributed by atoms with E-state index in [2.05, 4.69) is 4.98 Å². The molecule has 0 bridgehead atoms. The number of rotatable bonds is 4. The maximum absolute atomic E-state index is 9.35. The van der Waals surface area contributed by atoms with Crippen molar-refractivity contribution in [1.82, 2.24) is 4.98 Å². The predicted molar refractivity (Wildman–Crippen MR) is 71.6 cm³/mol. The third-order valence-corrected chi connectivity index (χ3v) is 3.54. The van der Waals surface area contributed by atoms with Crippen molar-refractivity contribution in [1.29, 1.82) is 0 Å². The van der Waals surface area contributed by atoms with E-state index in [0.717, 1.165) is 16.9 Å². The summed E-state index contributed by atoms with van der Waals surface area (Å²) in [5.74, 6) is 0. The fraction of sp³-hybridized carbons (Fsp3) is 0.250. The number of thiazole rings is 1. The molecule has 0 amide bonds. The molecule has 0 atom stereocenters. The number of hydrogen-bond acceptors (Lipinski definition) is 4. The first-order chi connectivity index (χ1) is 8.22. The van der Waals surface area contributed by atoms with Crippen LogP contribution in [-0.2, 0) is 13.2 Å². The van der Waals surface area contributed by atoms with Crippen molar-refractivity contribution in [2.45, 2.75) is 13.2 Å². The molecule has 0 fully saturated rings. The summed E-state index contributed by atoms with van der Waals surface area (Å²) < 4.78 is 0. The molecule has 0 unspecified atom stereocenters. The molecule has 90 valence electrons. The van der Waals surface area contributed by atoms with Crippen LogP contribution in [0.3, 0.4) is 0 Å². The molecule has 0 saturated heterocycles. The zero-order valence-electron chi connectivity index (χ0n) is 9.43. The van der Waals surface area contributed by atoms with Crippen molar-refractivity contribution >= 4 is 28.6 Å². The SMILES string of the molecule is CN(Cc1cscn1)c1cccc(Cl)c1CO. The van der Waals surface area contributed by atoms with E-state index in [4.69, 9.17) is 11.6 Å². The van der Waals surface area contributed by atoms with Crippen LogP contribution in [0.25, 0.3) is 0 Å². The third kappa shape index (κ3) is 2.77. The van der Waals surface area contributed by atoms with Gasteiger partial charge in [0.05, 0.1) is 24.4 Å². The maximum atomic E-state index is 9.35. The van der Waals surface area contributed by atoms with Crippen LogP contribution in [0, 0.1) is 0 Å². The largest absolute Gasteiger partial charge is 0.392 e. The van der Waals surface area contributed by atoms with Crippen LogP contribution >= 0.6 is 22.9 Å². The molecule has 0 saturated carbocycles. The molecule has 2 rings (SSSR count). The summed E-state index contributed by atoms with van der Waals surface area (Å²) >= 11 is 7.63. The summed E-state index contributed by atoms with van der Waals surface area (Å²) in [6.07, 6.45) is 0. The number of hydrogen-bond donors (Lipinski definition) is 1. The average Bonchev–Trinajstić information content (AvgIpc) is 2.81. The molecular weight excluding hydrogens is 256 g/mol. The van der Waals surface area contributed by atoms with Crippen molar-refractivity contribution in [3.8, 4) is 0 Å². The number of aliphatic hydroxyl groups is 1. The summed E-state index contributed by atoms with van der Waals surface area (Å²) in [7, 11) is 1.96. The summed E-state index contributed by atoms with van der Waals surface area (Å²) in [6.45, 7) is 0.646. The van der Waals surface area contributed by atoms with Gasteiger partial charge in [0.2, 0.25) is 0 Å². The number of benzene rings is 1. The topological polar surface area (TPSA) is 36.4 Å². The van der Waals surface area contributed by atoms with Crippen LogP contribution in [-0.4, -0.2) is 17.1 Å². The van der Waals surface area contributed by atoms with Gasteiger partial charge in [-0.3, -0.25) is 0 Å². The number of nitrogens with zero attached hydrogens (tertiary/aromatic N) is 2. The van der Waals surface area contributed by atoms with E-state index in [-0.39, 0.29) is 6.61 Å². The second-order valence-corrected chi connectivity index (χ2v) is 4.86. The van der Waals surface area contributed by atoms with Gasteiger partial charge in [-0.1, -0.05) is 17.7 Å². The highest BCUT2D eigenvalue weighted by Gasteiger charge is 2.10. The minimum Gasteiger partial charge on any atom is -0.392 e. The Morgan fingerprint density at radius 2 is 2.29 bits per heavy atom. The third-order valence-electron chi connectivity index (χ3n) is 2.55. The minimum atomic E-state index is -0.0591. The van der Waals surface area contributed by atoms with Gasteiger partial charge in [-0.2, -0.15) is 0 Å². The van der Waals surface area contributed by atoms with Crippen molar-refractivity contribution in [2.75, 3.05) is 11.9 Å². The smallest absolute Gasteiger partial charge is 0.0795 e. The summed E-state index contributed by atoms with van der Waals surface area (Å²) in [5.41, 5.74) is 4.52. The molecule has 1 aromatic heterocycles. The number of halogens is 1. The molecule has 0 spiro atoms. The number of aromatic nitrogens is 1. The zero-order valence-corrected chi connectivity index (χ0v) is 11.0. The molecule has 2 aromatic rings. The molecule has 1 N–H and O–H groups in total. The van der Waals surface area contributed by atoms with Gasteiger partial charge in [0.15, 0.2) is 0 Å². The molecule has 5 heteroatoms. The lowest BCUT2D eigenvalue weighted by Crippen LogP contribution is -2.18. The second kappa shape index (κ2) is 5.49. The van der Waals surface area contributed by atoms with Crippen molar-refractivity contribution in [3.63, 3.8) is 0 Å². The Kier molecular flexibility index (Phi) is 3.99. The van der Waals surface area contributed by atoms with Crippen LogP contribution in [0.4, 0.5) is 5.69 Å². The predicted octanol–water partition coefficient (Wildman–Crippen LogP) is 2.93. The van der Waals surface area contributed by atoms with Crippen molar-refractivity contribution in [3.05, 3.63) is 45.4 Å². The summed E-state index contributed by atoms with van der Waals surface area (Å²) in [4.78, 5) is 6.28. The first-order valence-corrected chi connectivity index (χ1v) is 6.51. The number of anilines is 1. The summed E-state index contributed by atoms with van der Waals surface area (Å²) in [6, 6.07) is 5.62. The monoisotopic (exact) mass is 268 g/mol. The van der Waals surface area contributed by atoms with E-state index < -0.39 is 0 Å². The van der Waals surface area contributed by atoms with Crippen LogP contribution in [0.1, 0.15) is 11.3 Å². The van der Waals surface area contributed by atoms with Gasteiger partial charge in [0.1, 0.15) is 0 Å². The van der Waals surface area contributed by atoms with E-state index in [0.29, 0.717) is 11.6 Å². The van der Waals surface area contributed by atoms with Crippen molar-refractivity contribution < 1.29 is 5.11 Å². The van der Waals surface area contributed by atoms with Gasteiger partial charge in [0, 0.05) is 28.7 Å². The molecular formula is C12H13ClN2OS. The molecule has 0 aliphatic heterocycles. The first-order valence-electron chi connectivity index (χ1n) is 5.19. The highest BCUT2D eigenvalue weighted by molar-refractivity contribution is 7.07. The molecule has 0 radical (unpaired) electrons. The first kappa shape index (κ1) is 12.4. The Hall–Kier alpha value is -1.10. The van der Waals surface area contributed by atoms with Crippen LogP contribution in [0.2, 0.25) is 5.02 Å². The van der Waals surface area contributed by atoms with Gasteiger partial charge < -0.3 is 10.0 Å². The van der Waals surface area contributed by atoms with E-state index in [1.54, 1.807) is 17.4 Å². The molecule has 3 nitrogen and oxygen atoms in total. The van der Waals surface area contributed by atoms with Crippen LogP contribution < -0.4 is 4.90 Å². The van der Waals surface area contributed by atoms with Crippen LogP contribution in [0.5, 0.6) is 0 Å². The Morgan fingerprint density at radius 3 is 2.94 bits per heavy atom. The van der Waals surface area contributed by atoms with Gasteiger partial charge in [-0.05, 0) is 12.1 Å². The van der Waals surface area contributed by atoms with Gasteiger partial charge in [-0.15, -0.1) is 11.3 Å². The lowest BCUT2D eigenvalue weighted by molar-refractivity contribution is 0.282. The van der Waals surface area contributed by atoms with E-state index in [9.17, 15) is 5.11 Å². The Balaban J connectivity index is 2.24. The average molecular weight is 269 g/mol. The van der Waals surface area contributed by atoms with E-state index >= 15 is 0 Å². The van der Waals surface area contributed by atoms with Crippen LogP contribution in [0.15, 0.2) is 29.1 Å². The molecule has 1 heterocycles.